The van der Waals surface area contributed by atoms with Gasteiger partial charge in [0.25, 0.3) is 5.91 Å². The lowest BCUT2D eigenvalue weighted by molar-refractivity contribution is -0.136. The quantitative estimate of drug-likeness (QED) is 0.825. The van der Waals surface area contributed by atoms with Crippen LogP contribution in [0.4, 0.5) is 0 Å². The van der Waals surface area contributed by atoms with Crippen LogP contribution in [-0.2, 0) is 15.0 Å². The van der Waals surface area contributed by atoms with Gasteiger partial charge in [0, 0.05) is 43.7 Å². The molecule has 1 aromatic rings. The fourth-order valence-corrected chi connectivity index (χ4v) is 4.29. The van der Waals surface area contributed by atoms with Gasteiger partial charge in [-0.2, -0.15) is 0 Å². The van der Waals surface area contributed by atoms with Gasteiger partial charge in [-0.25, -0.2) is 0 Å². The minimum atomic E-state index is -0.229. The standard InChI is InChI=1S/C24H35N3O3/c1-16(2)27-15-18(14-21(27)28)23(30)26-12-10-20(11-13-26)25-22(29)17-6-8-19(9-7-17)24(3,4)5/h6-9,16,18,20H,10-15H2,1-5H3,(H,25,29). The molecule has 3 amide bonds. The van der Waals surface area contributed by atoms with E-state index < -0.39 is 0 Å². The highest BCUT2D eigenvalue weighted by molar-refractivity contribution is 5.94. The largest absolute Gasteiger partial charge is 0.349 e. The molecule has 2 heterocycles. The van der Waals surface area contributed by atoms with Crippen molar-refractivity contribution >= 4 is 17.7 Å². The van der Waals surface area contributed by atoms with Gasteiger partial charge >= 0.3 is 0 Å². The summed E-state index contributed by atoms with van der Waals surface area (Å²) in [5.41, 5.74) is 1.93. The number of benzene rings is 1. The molecule has 2 saturated heterocycles. The van der Waals surface area contributed by atoms with Crippen molar-refractivity contribution in [3.05, 3.63) is 35.4 Å². The maximum Gasteiger partial charge on any atom is 0.251 e. The summed E-state index contributed by atoms with van der Waals surface area (Å²) in [5.74, 6) is -0.140. The van der Waals surface area contributed by atoms with Crippen LogP contribution >= 0.6 is 0 Å². The van der Waals surface area contributed by atoms with E-state index in [4.69, 9.17) is 0 Å². The molecule has 6 nitrogen and oxygen atoms in total. The van der Waals surface area contributed by atoms with Crippen molar-refractivity contribution in [2.45, 2.75) is 71.4 Å². The Morgan fingerprint density at radius 2 is 1.67 bits per heavy atom. The fourth-order valence-electron chi connectivity index (χ4n) is 4.29. The Morgan fingerprint density at radius 1 is 1.07 bits per heavy atom. The van der Waals surface area contributed by atoms with E-state index in [1.54, 1.807) is 4.90 Å². The second kappa shape index (κ2) is 8.78. The van der Waals surface area contributed by atoms with Gasteiger partial charge in [-0.3, -0.25) is 14.4 Å². The van der Waals surface area contributed by atoms with Gasteiger partial charge in [0.15, 0.2) is 0 Å². The molecule has 30 heavy (non-hydrogen) atoms. The highest BCUT2D eigenvalue weighted by atomic mass is 16.2. The van der Waals surface area contributed by atoms with Crippen LogP contribution in [0.2, 0.25) is 0 Å². The predicted octanol–water partition coefficient (Wildman–Crippen LogP) is 2.96. The lowest BCUT2D eigenvalue weighted by Crippen LogP contribution is -2.48. The molecule has 1 N–H and O–H groups in total. The average Bonchev–Trinajstić information content (AvgIpc) is 3.09. The van der Waals surface area contributed by atoms with Crippen LogP contribution in [0.5, 0.6) is 0 Å². The number of carbonyl (C=O) groups is 3. The first-order valence-electron chi connectivity index (χ1n) is 11.1. The third kappa shape index (κ3) is 5.02. The van der Waals surface area contributed by atoms with E-state index in [-0.39, 0.29) is 41.1 Å². The number of rotatable bonds is 4. The van der Waals surface area contributed by atoms with Crippen molar-refractivity contribution in [1.82, 2.24) is 15.1 Å². The van der Waals surface area contributed by atoms with Gasteiger partial charge in [-0.05, 0) is 49.8 Å². The zero-order valence-corrected chi connectivity index (χ0v) is 18.9. The Labute approximate surface area is 180 Å². The van der Waals surface area contributed by atoms with Crippen LogP contribution in [0.1, 0.15) is 69.8 Å². The Hall–Kier alpha value is -2.37. The smallest absolute Gasteiger partial charge is 0.251 e. The van der Waals surface area contributed by atoms with E-state index in [1.807, 2.05) is 43.0 Å². The van der Waals surface area contributed by atoms with Crippen molar-refractivity contribution in [3.63, 3.8) is 0 Å². The van der Waals surface area contributed by atoms with Crippen LogP contribution in [-0.4, -0.2) is 59.2 Å². The Balaban J connectivity index is 1.49. The molecule has 0 aromatic heterocycles. The molecule has 1 aromatic carbocycles. The number of nitrogens with one attached hydrogen (secondary N) is 1. The zero-order chi connectivity index (χ0) is 22.1. The molecular weight excluding hydrogens is 378 g/mol. The van der Waals surface area contributed by atoms with Crippen molar-refractivity contribution < 1.29 is 14.4 Å². The SMILES string of the molecule is CC(C)N1CC(C(=O)N2CCC(NC(=O)c3ccc(C(C)(C)C)cc3)CC2)CC1=O. The number of hydrogen-bond donors (Lipinski definition) is 1. The second-order valence-corrected chi connectivity index (χ2v) is 9.94. The summed E-state index contributed by atoms with van der Waals surface area (Å²) in [4.78, 5) is 41.2. The van der Waals surface area contributed by atoms with E-state index >= 15 is 0 Å². The predicted molar refractivity (Wildman–Crippen MR) is 117 cm³/mol. The monoisotopic (exact) mass is 413 g/mol. The Bertz CT molecular complexity index is 787. The summed E-state index contributed by atoms with van der Waals surface area (Å²) >= 11 is 0. The molecule has 1 unspecified atom stereocenters. The Kier molecular flexibility index (Phi) is 6.53. The maximum absolute atomic E-state index is 12.8. The van der Waals surface area contributed by atoms with Gasteiger partial charge in [0.05, 0.1) is 5.92 Å². The van der Waals surface area contributed by atoms with Gasteiger partial charge in [0.2, 0.25) is 11.8 Å². The molecular formula is C24H35N3O3. The average molecular weight is 414 g/mol. The molecule has 164 valence electrons. The minimum Gasteiger partial charge on any atom is -0.349 e. The van der Waals surface area contributed by atoms with Gasteiger partial charge in [0.1, 0.15) is 0 Å². The molecule has 0 saturated carbocycles. The highest BCUT2D eigenvalue weighted by Gasteiger charge is 2.38. The first-order chi connectivity index (χ1) is 14.1. The lowest BCUT2D eigenvalue weighted by Gasteiger charge is -2.34. The minimum absolute atomic E-state index is 0.0600. The van der Waals surface area contributed by atoms with Crippen molar-refractivity contribution in [2.75, 3.05) is 19.6 Å². The number of hydrogen-bond acceptors (Lipinski definition) is 3. The van der Waals surface area contributed by atoms with E-state index in [1.165, 1.54) is 5.56 Å². The normalized spacial score (nSPS) is 20.7. The number of carbonyl (C=O) groups excluding carboxylic acids is 3. The van der Waals surface area contributed by atoms with Gasteiger partial charge in [-0.1, -0.05) is 32.9 Å². The summed E-state index contributed by atoms with van der Waals surface area (Å²) in [6, 6.07) is 7.99. The maximum atomic E-state index is 12.8. The molecule has 1 atom stereocenters. The topological polar surface area (TPSA) is 69.7 Å². The van der Waals surface area contributed by atoms with Crippen LogP contribution in [0.25, 0.3) is 0 Å². The van der Waals surface area contributed by atoms with Crippen molar-refractivity contribution in [1.29, 1.82) is 0 Å². The number of likely N-dealkylation sites (tertiary alicyclic amines) is 2. The summed E-state index contributed by atoms with van der Waals surface area (Å²) in [6.45, 7) is 12.2. The van der Waals surface area contributed by atoms with Crippen molar-refractivity contribution in [2.24, 2.45) is 5.92 Å². The highest BCUT2D eigenvalue weighted by Crippen LogP contribution is 2.24. The first kappa shape index (κ1) is 22.3. The summed E-state index contributed by atoms with van der Waals surface area (Å²) in [7, 11) is 0. The van der Waals surface area contributed by atoms with E-state index in [0.29, 0.717) is 31.6 Å². The molecule has 0 aliphatic carbocycles. The molecule has 3 rings (SSSR count). The first-order valence-corrected chi connectivity index (χ1v) is 11.1. The van der Waals surface area contributed by atoms with Crippen molar-refractivity contribution in [3.8, 4) is 0 Å². The van der Waals surface area contributed by atoms with Crippen LogP contribution in [0, 0.1) is 5.92 Å². The number of nitrogens with zero attached hydrogens (tertiary/aromatic N) is 2. The van der Waals surface area contributed by atoms with Crippen LogP contribution < -0.4 is 5.32 Å². The van der Waals surface area contributed by atoms with E-state index in [2.05, 4.69) is 26.1 Å². The molecule has 2 aliphatic rings. The second-order valence-electron chi connectivity index (χ2n) is 9.94. The molecule has 6 heteroatoms. The zero-order valence-electron chi connectivity index (χ0n) is 18.9. The van der Waals surface area contributed by atoms with Gasteiger partial charge in [-0.15, -0.1) is 0 Å². The van der Waals surface area contributed by atoms with Gasteiger partial charge < -0.3 is 15.1 Å². The third-order valence-corrected chi connectivity index (χ3v) is 6.29. The van der Waals surface area contributed by atoms with E-state index in [9.17, 15) is 14.4 Å². The Morgan fingerprint density at radius 3 is 2.17 bits per heavy atom. The fraction of sp³-hybridized carbons (Fsp3) is 0.625. The van der Waals surface area contributed by atoms with E-state index in [0.717, 1.165) is 12.8 Å². The molecule has 0 spiro atoms. The third-order valence-electron chi connectivity index (χ3n) is 6.29. The summed E-state index contributed by atoms with van der Waals surface area (Å²) in [6.07, 6.45) is 1.80. The lowest BCUT2D eigenvalue weighted by atomic mass is 9.86. The summed E-state index contributed by atoms with van der Waals surface area (Å²) in [5, 5.41) is 3.11. The number of amides is 3. The molecule has 0 radical (unpaired) electrons. The van der Waals surface area contributed by atoms with Crippen LogP contribution in [0.15, 0.2) is 24.3 Å². The number of piperidine rings is 1. The van der Waals surface area contributed by atoms with Crippen LogP contribution in [0.3, 0.4) is 0 Å². The molecule has 0 bridgehead atoms. The summed E-state index contributed by atoms with van der Waals surface area (Å²) < 4.78 is 0. The molecule has 2 aliphatic heterocycles. The molecule has 2 fully saturated rings.